The number of furan rings is 3. The van der Waals surface area contributed by atoms with E-state index in [2.05, 4.69) is 14.9 Å². The van der Waals surface area contributed by atoms with Crippen LogP contribution in [0.15, 0.2) is 56.4 Å². The van der Waals surface area contributed by atoms with Crippen LogP contribution in [-0.4, -0.2) is 36.3 Å². The Morgan fingerprint density at radius 3 is 2.40 bits per heavy atom. The molecule has 0 atom stereocenters. The quantitative estimate of drug-likeness (QED) is 0.565. The summed E-state index contributed by atoms with van der Waals surface area (Å²) in [7, 11) is 0. The molecule has 0 spiro atoms. The van der Waals surface area contributed by atoms with Crippen LogP contribution in [0.3, 0.4) is 0 Å². The fourth-order valence-corrected chi connectivity index (χ4v) is 3.17. The highest BCUT2D eigenvalue weighted by Crippen LogP contribution is 2.43. The van der Waals surface area contributed by atoms with Crippen molar-refractivity contribution in [2.24, 2.45) is 0 Å². The summed E-state index contributed by atoms with van der Waals surface area (Å²) in [5.74, 6) is 2.72. The van der Waals surface area contributed by atoms with Crippen LogP contribution in [0.5, 0.6) is 0 Å². The first-order valence-corrected chi connectivity index (χ1v) is 8.10. The summed E-state index contributed by atoms with van der Waals surface area (Å²) in [5, 5.41) is 0.825. The van der Waals surface area contributed by atoms with E-state index < -0.39 is 0 Å². The van der Waals surface area contributed by atoms with Crippen molar-refractivity contribution in [3.05, 3.63) is 43.1 Å². The van der Waals surface area contributed by atoms with E-state index in [-0.39, 0.29) is 0 Å². The number of aromatic nitrogens is 2. The van der Waals surface area contributed by atoms with Gasteiger partial charge in [0.2, 0.25) is 5.71 Å². The van der Waals surface area contributed by atoms with E-state index in [0.29, 0.717) is 36.2 Å². The number of morpholine rings is 1. The zero-order chi connectivity index (χ0) is 16.6. The van der Waals surface area contributed by atoms with Crippen molar-refractivity contribution in [3.8, 4) is 22.8 Å². The number of nitrogens with zero attached hydrogens (tertiary/aromatic N) is 3. The lowest BCUT2D eigenvalue weighted by Crippen LogP contribution is -2.36. The van der Waals surface area contributed by atoms with Crippen LogP contribution in [-0.2, 0) is 4.74 Å². The molecule has 7 heteroatoms. The molecule has 0 radical (unpaired) electrons. The summed E-state index contributed by atoms with van der Waals surface area (Å²) in [4.78, 5) is 11.0. The molecule has 1 aliphatic heterocycles. The lowest BCUT2D eigenvalue weighted by molar-refractivity contribution is 0.122. The van der Waals surface area contributed by atoms with E-state index >= 15 is 0 Å². The first-order chi connectivity index (χ1) is 12.4. The molecule has 0 bridgehead atoms. The average Bonchev–Trinajstić information content (AvgIpc) is 3.40. The van der Waals surface area contributed by atoms with Crippen LogP contribution in [0, 0.1) is 0 Å². The second-order valence-corrected chi connectivity index (χ2v) is 5.74. The van der Waals surface area contributed by atoms with Crippen molar-refractivity contribution >= 4 is 16.9 Å². The zero-order valence-electron chi connectivity index (χ0n) is 13.3. The highest BCUT2D eigenvalue weighted by Gasteiger charge is 2.27. The minimum absolute atomic E-state index is 0.509. The van der Waals surface area contributed by atoms with E-state index in [1.165, 1.54) is 6.33 Å². The highest BCUT2D eigenvalue weighted by atomic mass is 16.5. The zero-order valence-corrected chi connectivity index (χ0v) is 13.3. The Morgan fingerprint density at radius 2 is 1.68 bits per heavy atom. The third-order valence-corrected chi connectivity index (χ3v) is 4.29. The van der Waals surface area contributed by atoms with Crippen molar-refractivity contribution < 1.29 is 18.0 Å². The molecule has 1 saturated heterocycles. The molecule has 1 aliphatic rings. The normalized spacial score (nSPS) is 15.1. The maximum Gasteiger partial charge on any atom is 0.232 e. The monoisotopic (exact) mass is 337 g/mol. The third kappa shape index (κ3) is 2.32. The minimum atomic E-state index is 0.509. The third-order valence-electron chi connectivity index (χ3n) is 4.29. The summed E-state index contributed by atoms with van der Waals surface area (Å²) >= 11 is 0. The molecule has 0 saturated carbocycles. The summed E-state index contributed by atoms with van der Waals surface area (Å²) < 4.78 is 22.7. The first-order valence-electron chi connectivity index (χ1n) is 8.10. The smallest absolute Gasteiger partial charge is 0.232 e. The van der Waals surface area contributed by atoms with Gasteiger partial charge in [0.15, 0.2) is 11.5 Å². The molecule has 25 heavy (non-hydrogen) atoms. The van der Waals surface area contributed by atoms with Crippen LogP contribution in [0.25, 0.3) is 33.9 Å². The largest absolute Gasteiger partial charge is 0.464 e. The van der Waals surface area contributed by atoms with Gasteiger partial charge in [0.1, 0.15) is 17.9 Å². The average molecular weight is 337 g/mol. The van der Waals surface area contributed by atoms with E-state index in [4.69, 9.17) is 18.0 Å². The Hall–Kier alpha value is -3.06. The van der Waals surface area contributed by atoms with Gasteiger partial charge >= 0.3 is 0 Å². The Bertz CT molecular complexity index is 983. The van der Waals surface area contributed by atoms with Gasteiger partial charge in [-0.1, -0.05) is 0 Å². The summed E-state index contributed by atoms with van der Waals surface area (Å²) in [6.45, 7) is 2.88. The predicted octanol–water partition coefficient (Wildman–Crippen LogP) is 3.58. The molecule has 0 amide bonds. The van der Waals surface area contributed by atoms with Gasteiger partial charge in [0.05, 0.1) is 36.7 Å². The maximum atomic E-state index is 6.04. The summed E-state index contributed by atoms with van der Waals surface area (Å²) in [6, 6.07) is 7.42. The van der Waals surface area contributed by atoms with E-state index in [1.807, 2.05) is 24.3 Å². The topological polar surface area (TPSA) is 77.7 Å². The van der Waals surface area contributed by atoms with Crippen molar-refractivity contribution in [3.63, 3.8) is 0 Å². The van der Waals surface area contributed by atoms with Gasteiger partial charge in [0.25, 0.3) is 0 Å². The standard InChI is InChI=1S/C18H15N3O4/c1-3-12(23-7-1)14-15-17(21-5-9-22-10-6-21)19-11-20-18(15)25-16(14)13-4-2-8-24-13/h1-4,7-8,11H,5-6,9-10H2. The van der Waals surface area contributed by atoms with Gasteiger partial charge in [-0.25, -0.2) is 9.97 Å². The lowest BCUT2D eigenvalue weighted by atomic mass is 10.1. The van der Waals surface area contributed by atoms with Gasteiger partial charge < -0.3 is 22.9 Å². The molecule has 4 aromatic rings. The Labute approximate surface area is 142 Å². The highest BCUT2D eigenvalue weighted by molar-refractivity contribution is 6.04. The van der Waals surface area contributed by atoms with Crippen molar-refractivity contribution in [2.75, 3.05) is 31.2 Å². The summed E-state index contributed by atoms with van der Waals surface area (Å²) in [5.41, 5.74) is 1.31. The number of hydrogen-bond donors (Lipinski definition) is 0. The summed E-state index contributed by atoms with van der Waals surface area (Å²) in [6.07, 6.45) is 4.77. The Balaban J connectivity index is 1.80. The van der Waals surface area contributed by atoms with Crippen molar-refractivity contribution in [1.82, 2.24) is 9.97 Å². The van der Waals surface area contributed by atoms with Gasteiger partial charge in [-0.2, -0.15) is 0 Å². The van der Waals surface area contributed by atoms with Crippen LogP contribution < -0.4 is 4.90 Å². The molecule has 126 valence electrons. The Kier molecular flexibility index (Phi) is 3.31. The SMILES string of the molecule is c1coc(-c2oc3ncnc(N4CCOCC4)c3c2-c2ccco2)c1. The number of hydrogen-bond acceptors (Lipinski definition) is 7. The molecular formula is C18H15N3O4. The molecule has 5 rings (SSSR count). The van der Waals surface area contributed by atoms with Gasteiger partial charge in [-0.05, 0) is 24.3 Å². The molecule has 0 aromatic carbocycles. The van der Waals surface area contributed by atoms with Crippen LogP contribution in [0.4, 0.5) is 5.82 Å². The van der Waals surface area contributed by atoms with Crippen LogP contribution in [0.1, 0.15) is 0 Å². The number of rotatable bonds is 3. The second-order valence-electron chi connectivity index (χ2n) is 5.74. The Morgan fingerprint density at radius 1 is 0.920 bits per heavy atom. The molecule has 0 aliphatic carbocycles. The first kappa shape index (κ1) is 14.3. The van der Waals surface area contributed by atoms with E-state index in [9.17, 15) is 0 Å². The molecule has 0 unspecified atom stereocenters. The van der Waals surface area contributed by atoms with Gasteiger partial charge in [-0.3, -0.25) is 0 Å². The van der Waals surface area contributed by atoms with Gasteiger partial charge in [-0.15, -0.1) is 0 Å². The minimum Gasteiger partial charge on any atom is -0.464 e. The molecule has 7 nitrogen and oxygen atoms in total. The van der Waals surface area contributed by atoms with Crippen LogP contribution in [0.2, 0.25) is 0 Å². The van der Waals surface area contributed by atoms with Crippen molar-refractivity contribution in [2.45, 2.75) is 0 Å². The van der Waals surface area contributed by atoms with Crippen molar-refractivity contribution in [1.29, 1.82) is 0 Å². The molecule has 1 fully saturated rings. The fraction of sp³-hybridized carbons (Fsp3) is 0.222. The molecule has 5 heterocycles. The molecule has 0 N–H and O–H groups in total. The van der Waals surface area contributed by atoms with Gasteiger partial charge in [0, 0.05) is 13.1 Å². The van der Waals surface area contributed by atoms with E-state index in [0.717, 1.165) is 29.9 Å². The maximum absolute atomic E-state index is 6.04. The molecule has 4 aromatic heterocycles. The number of ether oxygens (including phenoxy) is 1. The molecular weight excluding hydrogens is 322 g/mol. The fourth-order valence-electron chi connectivity index (χ4n) is 3.17. The lowest BCUT2D eigenvalue weighted by Gasteiger charge is -2.28. The second kappa shape index (κ2) is 5.78. The number of anilines is 1. The predicted molar refractivity (Wildman–Crippen MR) is 90.2 cm³/mol. The van der Waals surface area contributed by atoms with E-state index in [1.54, 1.807) is 12.5 Å². The van der Waals surface area contributed by atoms with Crippen LogP contribution >= 0.6 is 0 Å². The number of fused-ring (bicyclic) bond motifs is 1.